The lowest BCUT2D eigenvalue weighted by Gasteiger charge is -2.41. The van der Waals surface area contributed by atoms with Gasteiger partial charge in [0.2, 0.25) is 0 Å². The minimum absolute atomic E-state index is 0.691. The average molecular weight is 184 g/mol. The molecule has 1 N–H and O–H groups in total. The molecule has 1 fully saturated rings. The third-order valence-corrected chi connectivity index (χ3v) is 3.00. The highest BCUT2D eigenvalue weighted by Crippen LogP contribution is 2.13. The maximum absolute atomic E-state index is 3.61. The molecule has 0 saturated carbocycles. The summed E-state index contributed by atoms with van der Waals surface area (Å²) in [7, 11) is 0. The highest BCUT2D eigenvalue weighted by molar-refractivity contribution is 4.85. The molecule has 0 aromatic carbocycles. The van der Waals surface area contributed by atoms with Crippen molar-refractivity contribution in [2.24, 2.45) is 0 Å². The molecular weight excluding hydrogens is 160 g/mol. The fraction of sp³-hybridized carbons (Fsp3) is 1.00. The van der Waals surface area contributed by atoms with E-state index in [1.54, 1.807) is 0 Å². The van der Waals surface area contributed by atoms with Crippen LogP contribution >= 0.6 is 0 Å². The standard InChI is InChI=1S/C11H24N2/c1-5-6-11-8-13(9(2)3)10(4)7-12-11/h9-12H,5-8H2,1-4H3. The van der Waals surface area contributed by atoms with E-state index in [1.165, 1.54) is 19.4 Å². The average Bonchev–Trinajstić information content (AvgIpc) is 2.08. The van der Waals surface area contributed by atoms with Crippen molar-refractivity contribution in [3.8, 4) is 0 Å². The van der Waals surface area contributed by atoms with E-state index in [0.29, 0.717) is 12.1 Å². The van der Waals surface area contributed by atoms with E-state index in [2.05, 4.69) is 37.9 Å². The van der Waals surface area contributed by atoms with Crippen molar-refractivity contribution in [3.05, 3.63) is 0 Å². The van der Waals surface area contributed by atoms with E-state index in [1.807, 2.05) is 0 Å². The predicted octanol–water partition coefficient (Wildman–Crippen LogP) is 1.86. The first-order valence-electron chi connectivity index (χ1n) is 5.64. The molecule has 13 heavy (non-hydrogen) atoms. The molecule has 1 heterocycles. The molecule has 1 saturated heterocycles. The van der Waals surface area contributed by atoms with E-state index < -0.39 is 0 Å². The lowest BCUT2D eigenvalue weighted by Crippen LogP contribution is -2.57. The molecule has 0 spiro atoms. The van der Waals surface area contributed by atoms with E-state index in [4.69, 9.17) is 0 Å². The van der Waals surface area contributed by atoms with Crippen LogP contribution in [0, 0.1) is 0 Å². The molecule has 1 rings (SSSR count). The third kappa shape index (κ3) is 2.96. The molecule has 2 unspecified atom stereocenters. The zero-order valence-corrected chi connectivity index (χ0v) is 9.51. The van der Waals surface area contributed by atoms with E-state index in [9.17, 15) is 0 Å². The van der Waals surface area contributed by atoms with E-state index in [0.717, 1.165) is 12.6 Å². The molecule has 1 aliphatic heterocycles. The van der Waals surface area contributed by atoms with Gasteiger partial charge in [0.05, 0.1) is 0 Å². The van der Waals surface area contributed by atoms with Crippen LogP contribution in [0.15, 0.2) is 0 Å². The first-order chi connectivity index (χ1) is 6.15. The van der Waals surface area contributed by atoms with Gasteiger partial charge in [-0.3, -0.25) is 4.90 Å². The molecule has 0 aromatic heterocycles. The summed E-state index contributed by atoms with van der Waals surface area (Å²) >= 11 is 0. The van der Waals surface area contributed by atoms with Gasteiger partial charge in [0.25, 0.3) is 0 Å². The Morgan fingerprint density at radius 1 is 1.46 bits per heavy atom. The van der Waals surface area contributed by atoms with Gasteiger partial charge in [0.15, 0.2) is 0 Å². The SMILES string of the molecule is CCCC1CN(C(C)C)C(C)CN1. The Morgan fingerprint density at radius 3 is 2.69 bits per heavy atom. The summed E-state index contributed by atoms with van der Waals surface area (Å²) < 4.78 is 0. The van der Waals surface area contributed by atoms with Gasteiger partial charge in [-0.25, -0.2) is 0 Å². The topological polar surface area (TPSA) is 15.3 Å². The highest BCUT2D eigenvalue weighted by atomic mass is 15.2. The van der Waals surface area contributed by atoms with Gasteiger partial charge in [0.1, 0.15) is 0 Å². The number of rotatable bonds is 3. The molecule has 1 aliphatic rings. The van der Waals surface area contributed by atoms with Gasteiger partial charge in [-0.1, -0.05) is 13.3 Å². The Morgan fingerprint density at radius 2 is 2.15 bits per heavy atom. The monoisotopic (exact) mass is 184 g/mol. The number of nitrogens with one attached hydrogen (secondary N) is 1. The summed E-state index contributed by atoms with van der Waals surface area (Å²) in [5.41, 5.74) is 0. The van der Waals surface area contributed by atoms with Crippen LogP contribution in [0.3, 0.4) is 0 Å². The van der Waals surface area contributed by atoms with Crippen molar-refractivity contribution >= 4 is 0 Å². The molecule has 0 aliphatic carbocycles. The van der Waals surface area contributed by atoms with Gasteiger partial charge in [-0.15, -0.1) is 0 Å². The largest absolute Gasteiger partial charge is 0.311 e. The second kappa shape index (κ2) is 4.97. The van der Waals surface area contributed by atoms with Crippen LogP contribution in [0.25, 0.3) is 0 Å². The summed E-state index contributed by atoms with van der Waals surface area (Å²) in [6, 6.07) is 2.12. The highest BCUT2D eigenvalue weighted by Gasteiger charge is 2.25. The van der Waals surface area contributed by atoms with Crippen LogP contribution in [0.2, 0.25) is 0 Å². The van der Waals surface area contributed by atoms with Crippen molar-refractivity contribution in [3.63, 3.8) is 0 Å². The fourth-order valence-corrected chi connectivity index (χ4v) is 2.22. The summed E-state index contributed by atoms with van der Waals surface area (Å²) in [6.07, 6.45) is 2.61. The zero-order valence-electron chi connectivity index (χ0n) is 9.51. The van der Waals surface area contributed by atoms with Crippen molar-refractivity contribution in [2.45, 2.75) is 58.7 Å². The normalized spacial score (nSPS) is 31.2. The quantitative estimate of drug-likeness (QED) is 0.720. The molecule has 2 heteroatoms. The summed E-state index contributed by atoms with van der Waals surface area (Å²) in [4.78, 5) is 2.61. The van der Waals surface area contributed by atoms with Crippen molar-refractivity contribution in [1.82, 2.24) is 10.2 Å². The van der Waals surface area contributed by atoms with Crippen LogP contribution < -0.4 is 5.32 Å². The van der Waals surface area contributed by atoms with Crippen LogP contribution in [0.1, 0.15) is 40.5 Å². The molecule has 0 bridgehead atoms. The number of nitrogens with zero attached hydrogens (tertiary/aromatic N) is 1. The fourth-order valence-electron chi connectivity index (χ4n) is 2.22. The number of hydrogen-bond acceptors (Lipinski definition) is 2. The Hall–Kier alpha value is -0.0800. The summed E-state index contributed by atoms with van der Waals surface area (Å²) in [6.45, 7) is 11.6. The third-order valence-electron chi connectivity index (χ3n) is 3.00. The predicted molar refractivity (Wildman–Crippen MR) is 58.0 cm³/mol. The Bertz CT molecular complexity index is 145. The zero-order chi connectivity index (χ0) is 9.84. The summed E-state index contributed by atoms with van der Waals surface area (Å²) in [5, 5.41) is 3.61. The lowest BCUT2D eigenvalue weighted by molar-refractivity contribution is 0.104. The number of hydrogen-bond donors (Lipinski definition) is 1. The maximum atomic E-state index is 3.61. The van der Waals surface area contributed by atoms with Gasteiger partial charge in [0, 0.05) is 31.2 Å². The van der Waals surface area contributed by atoms with Crippen LogP contribution in [0.5, 0.6) is 0 Å². The first kappa shape index (κ1) is 11.0. The maximum Gasteiger partial charge on any atom is 0.0195 e. The van der Waals surface area contributed by atoms with Gasteiger partial charge >= 0.3 is 0 Å². The Kier molecular flexibility index (Phi) is 4.20. The molecule has 0 amide bonds. The molecule has 78 valence electrons. The van der Waals surface area contributed by atoms with Crippen molar-refractivity contribution < 1.29 is 0 Å². The summed E-state index contributed by atoms with van der Waals surface area (Å²) in [5.74, 6) is 0. The minimum Gasteiger partial charge on any atom is -0.311 e. The van der Waals surface area contributed by atoms with E-state index >= 15 is 0 Å². The lowest BCUT2D eigenvalue weighted by atomic mass is 10.0. The van der Waals surface area contributed by atoms with Crippen LogP contribution in [-0.4, -0.2) is 36.1 Å². The second-order valence-corrected chi connectivity index (χ2v) is 4.53. The smallest absolute Gasteiger partial charge is 0.0195 e. The Labute approximate surface area is 82.7 Å². The molecule has 0 aromatic rings. The van der Waals surface area contributed by atoms with Gasteiger partial charge in [-0.2, -0.15) is 0 Å². The number of piperazine rings is 1. The molecule has 2 nitrogen and oxygen atoms in total. The molecule has 0 radical (unpaired) electrons. The second-order valence-electron chi connectivity index (χ2n) is 4.53. The minimum atomic E-state index is 0.691. The Balaban J connectivity index is 2.43. The van der Waals surface area contributed by atoms with Crippen LogP contribution in [0.4, 0.5) is 0 Å². The molecule has 2 atom stereocenters. The van der Waals surface area contributed by atoms with Crippen LogP contribution in [-0.2, 0) is 0 Å². The molecular formula is C11H24N2. The first-order valence-corrected chi connectivity index (χ1v) is 5.64. The van der Waals surface area contributed by atoms with E-state index in [-0.39, 0.29) is 0 Å². The van der Waals surface area contributed by atoms with Crippen molar-refractivity contribution in [1.29, 1.82) is 0 Å². The van der Waals surface area contributed by atoms with Gasteiger partial charge in [-0.05, 0) is 27.2 Å². The van der Waals surface area contributed by atoms with Gasteiger partial charge < -0.3 is 5.32 Å². The van der Waals surface area contributed by atoms with Crippen molar-refractivity contribution in [2.75, 3.05) is 13.1 Å².